The van der Waals surface area contributed by atoms with Crippen LogP contribution < -0.4 is 5.73 Å². The van der Waals surface area contributed by atoms with Gasteiger partial charge in [0.15, 0.2) is 0 Å². The van der Waals surface area contributed by atoms with E-state index in [1.807, 2.05) is 0 Å². The highest BCUT2D eigenvalue weighted by atomic mass is 19.4. The molecular weight excluding hydrogens is 300 g/mol. The van der Waals surface area contributed by atoms with Gasteiger partial charge in [0.2, 0.25) is 5.91 Å². The predicted octanol–water partition coefficient (Wildman–Crippen LogP) is 3.86. The first-order valence-electron chi connectivity index (χ1n) is 6.01. The number of benzene rings is 1. The Balaban J connectivity index is 3.38. The second-order valence-corrected chi connectivity index (χ2v) is 4.56. The molecule has 0 heterocycles. The van der Waals surface area contributed by atoms with Gasteiger partial charge in [0.25, 0.3) is 0 Å². The molecule has 1 rings (SSSR count). The second kappa shape index (κ2) is 5.95. The third-order valence-electron chi connectivity index (χ3n) is 3.13. The molecule has 1 aromatic carbocycles. The molecule has 118 valence electrons. The van der Waals surface area contributed by atoms with Crippen LogP contribution in [0, 0.1) is 5.92 Å². The highest BCUT2D eigenvalue weighted by Gasteiger charge is 2.47. The number of amides is 1. The lowest BCUT2D eigenvalue weighted by molar-refractivity contribution is -0.168. The Morgan fingerprint density at radius 1 is 1.19 bits per heavy atom. The minimum Gasteiger partial charge on any atom is -0.369 e. The van der Waals surface area contributed by atoms with Crippen molar-refractivity contribution in [3.8, 4) is 0 Å². The van der Waals surface area contributed by atoms with Gasteiger partial charge in [-0.15, -0.1) is 0 Å². The van der Waals surface area contributed by atoms with Gasteiger partial charge in [0, 0.05) is 0 Å². The van der Waals surface area contributed by atoms with E-state index in [1.165, 1.54) is 6.92 Å². The van der Waals surface area contributed by atoms with Gasteiger partial charge in [0.1, 0.15) is 0 Å². The number of alkyl halides is 6. The molecule has 0 aliphatic rings. The Morgan fingerprint density at radius 3 is 2.14 bits per heavy atom. The maximum atomic E-state index is 13.1. The summed E-state index contributed by atoms with van der Waals surface area (Å²) in [4.78, 5) is 11.2. The molecule has 21 heavy (non-hydrogen) atoms. The van der Waals surface area contributed by atoms with Crippen molar-refractivity contribution in [3.63, 3.8) is 0 Å². The Bertz CT molecular complexity index is 508. The zero-order valence-electron chi connectivity index (χ0n) is 10.9. The molecule has 0 fully saturated rings. The molecule has 2 atom stereocenters. The zero-order chi connectivity index (χ0) is 16.4. The quantitative estimate of drug-likeness (QED) is 0.843. The van der Waals surface area contributed by atoms with E-state index in [0.717, 1.165) is 12.1 Å². The number of halogens is 6. The molecule has 2 N–H and O–H groups in total. The van der Waals surface area contributed by atoms with Crippen molar-refractivity contribution in [2.45, 2.75) is 31.6 Å². The molecule has 2 unspecified atom stereocenters. The Kier molecular flexibility index (Phi) is 4.91. The highest BCUT2D eigenvalue weighted by molar-refractivity contribution is 5.78. The molecular formula is C13H13F6NO. The largest absolute Gasteiger partial charge is 0.416 e. The van der Waals surface area contributed by atoms with Crippen LogP contribution in [-0.4, -0.2) is 12.1 Å². The molecule has 2 nitrogen and oxygen atoms in total. The fourth-order valence-corrected chi connectivity index (χ4v) is 2.16. The SMILES string of the molecule is CCC(C(N)=O)C(c1cccc(C(F)(F)F)c1)C(F)(F)F. The third-order valence-corrected chi connectivity index (χ3v) is 3.13. The molecule has 8 heteroatoms. The van der Waals surface area contributed by atoms with Gasteiger partial charge in [-0.2, -0.15) is 26.3 Å². The van der Waals surface area contributed by atoms with Crippen LogP contribution in [0.3, 0.4) is 0 Å². The molecule has 1 aromatic rings. The molecule has 0 saturated heterocycles. The summed E-state index contributed by atoms with van der Waals surface area (Å²) >= 11 is 0. The van der Waals surface area contributed by atoms with Gasteiger partial charge in [0.05, 0.1) is 17.4 Å². The number of primary amides is 1. The van der Waals surface area contributed by atoms with E-state index in [1.54, 1.807) is 0 Å². The van der Waals surface area contributed by atoms with Crippen LogP contribution in [-0.2, 0) is 11.0 Å². The highest BCUT2D eigenvalue weighted by Crippen LogP contribution is 2.43. The average Bonchev–Trinajstić information content (AvgIpc) is 2.32. The number of carbonyl (C=O) groups is 1. The van der Waals surface area contributed by atoms with Crippen LogP contribution >= 0.6 is 0 Å². The fourth-order valence-electron chi connectivity index (χ4n) is 2.16. The van der Waals surface area contributed by atoms with Crippen molar-refractivity contribution in [1.29, 1.82) is 0 Å². The number of nitrogens with two attached hydrogens (primary N) is 1. The van der Waals surface area contributed by atoms with Gasteiger partial charge in [-0.05, 0) is 18.1 Å². The van der Waals surface area contributed by atoms with Crippen molar-refractivity contribution in [2.24, 2.45) is 11.7 Å². The van der Waals surface area contributed by atoms with Crippen LogP contribution in [0.25, 0.3) is 0 Å². The summed E-state index contributed by atoms with van der Waals surface area (Å²) in [6.45, 7) is 1.32. The summed E-state index contributed by atoms with van der Waals surface area (Å²) in [5.41, 5.74) is 3.12. The van der Waals surface area contributed by atoms with E-state index in [-0.39, 0.29) is 6.42 Å². The topological polar surface area (TPSA) is 43.1 Å². The molecule has 0 aliphatic carbocycles. The molecule has 0 radical (unpaired) electrons. The molecule has 0 aliphatic heterocycles. The zero-order valence-corrected chi connectivity index (χ0v) is 10.9. The normalized spacial score (nSPS) is 15.6. The molecule has 0 aromatic heterocycles. The van der Waals surface area contributed by atoms with Crippen molar-refractivity contribution in [3.05, 3.63) is 35.4 Å². The molecule has 1 amide bonds. The van der Waals surface area contributed by atoms with Crippen LogP contribution in [0.5, 0.6) is 0 Å². The Labute approximate surface area is 116 Å². The molecule has 0 bridgehead atoms. The minimum absolute atomic E-state index is 0.226. The van der Waals surface area contributed by atoms with Gasteiger partial charge >= 0.3 is 12.4 Å². The first-order valence-corrected chi connectivity index (χ1v) is 6.01. The summed E-state index contributed by atoms with van der Waals surface area (Å²) in [5, 5.41) is 0. The van der Waals surface area contributed by atoms with E-state index >= 15 is 0 Å². The maximum absolute atomic E-state index is 13.1. The third kappa shape index (κ3) is 4.12. The Morgan fingerprint density at radius 2 is 1.76 bits per heavy atom. The summed E-state index contributed by atoms with van der Waals surface area (Å²) in [6, 6.07) is 2.87. The van der Waals surface area contributed by atoms with Crippen molar-refractivity contribution >= 4 is 5.91 Å². The summed E-state index contributed by atoms with van der Waals surface area (Å²) in [7, 11) is 0. The van der Waals surface area contributed by atoms with Gasteiger partial charge in [-0.3, -0.25) is 4.79 Å². The van der Waals surface area contributed by atoms with E-state index in [4.69, 9.17) is 5.73 Å². The van der Waals surface area contributed by atoms with Crippen LogP contribution in [0.4, 0.5) is 26.3 Å². The van der Waals surface area contributed by atoms with Crippen molar-refractivity contribution < 1.29 is 31.1 Å². The first kappa shape index (κ1) is 17.3. The summed E-state index contributed by atoms with van der Waals surface area (Å²) in [6.07, 6.45) is -9.86. The number of hydrogen-bond donors (Lipinski definition) is 1. The lowest BCUT2D eigenvalue weighted by atomic mass is 9.82. The van der Waals surface area contributed by atoms with Crippen LogP contribution in [0.2, 0.25) is 0 Å². The van der Waals surface area contributed by atoms with Crippen molar-refractivity contribution in [2.75, 3.05) is 0 Å². The first-order chi connectivity index (χ1) is 9.48. The van der Waals surface area contributed by atoms with Crippen LogP contribution in [0.1, 0.15) is 30.4 Å². The van der Waals surface area contributed by atoms with E-state index in [9.17, 15) is 31.1 Å². The summed E-state index contributed by atoms with van der Waals surface area (Å²) < 4.78 is 77.2. The van der Waals surface area contributed by atoms with Crippen LogP contribution in [0.15, 0.2) is 24.3 Å². The monoisotopic (exact) mass is 313 g/mol. The second-order valence-electron chi connectivity index (χ2n) is 4.56. The lowest BCUT2D eigenvalue weighted by Crippen LogP contribution is -2.36. The van der Waals surface area contributed by atoms with Gasteiger partial charge in [-0.1, -0.05) is 25.1 Å². The van der Waals surface area contributed by atoms with E-state index < -0.39 is 41.2 Å². The van der Waals surface area contributed by atoms with E-state index in [0.29, 0.717) is 12.1 Å². The smallest absolute Gasteiger partial charge is 0.369 e. The lowest BCUT2D eigenvalue weighted by Gasteiger charge is -2.27. The standard InChI is InChI=1S/C13H13F6NO/c1-2-9(11(20)21)10(13(17,18)19)7-4-3-5-8(6-7)12(14,15)16/h3-6,9-10H,2H2,1H3,(H2,20,21). The Hall–Kier alpha value is -1.73. The summed E-state index contributed by atoms with van der Waals surface area (Å²) in [5.74, 6) is -5.17. The fraction of sp³-hybridized carbons (Fsp3) is 0.462. The minimum atomic E-state index is -4.88. The van der Waals surface area contributed by atoms with Gasteiger partial charge in [-0.25, -0.2) is 0 Å². The molecule has 0 spiro atoms. The van der Waals surface area contributed by atoms with Gasteiger partial charge < -0.3 is 5.73 Å². The number of rotatable bonds is 4. The molecule has 0 saturated carbocycles. The van der Waals surface area contributed by atoms with E-state index in [2.05, 4.69) is 0 Å². The number of carbonyl (C=O) groups excluding carboxylic acids is 1. The maximum Gasteiger partial charge on any atom is 0.416 e. The average molecular weight is 313 g/mol. The number of hydrogen-bond acceptors (Lipinski definition) is 1. The predicted molar refractivity (Wildman–Crippen MR) is 63.2 cm³/mol. The van der Waals surface area contributed by atoms with Crippen molar-refractivity contribution in [1.82, 2.24) is 0 Å².